The average molecular weight is 621 g/mol. The molecule has 0 fully saturated rings. The van der Waals surface area contributed by atoms with Crippen molar-refractivity contribution in [2.24, 2.45) is 27.9 Å². The maximum atomic E-state index is 14.1. The minimum atomic E-state index is -1.01. The van der Waals surface area contributed by atoms with Gasteiger partial charge in [-0.05, 0) is 46.7 Å². The summed E-state index contributed by atoms with van der Waals surface area (Å²) in [5.41, 5.74) is 25.1. The molecule has 238 valence electrons. The number of nitrogens with zero attached hydrogens (tertiary/aromatic N) is 1. The van der Waals surface area contributed by atoms with Crippen molar-refractivity contribution in [1.29, 1.82) is 5.41 Å². The highest BCUT2D eigenvalue weighted by atomic mass is 16.2. The number of carbonyl (C=O) groups excluding carboxylic acids is 3. The van der Waals surface area contributed by atoms with Gasteiger partial charge in [0.25, 0.3) is 0 Å². The van der Waals surface area contributed by atoms with Gasteiger partial charge in [0, 0.05) is 18.5 Å². The van der Waals surface area contributed by atoms with Crippen LogP contribution in [-0.4, -0.2) is 48.1 Å². The van der Waals surface area contributed by atoms with Gasteiger partial charge in [-0.3, -0.25) is 24.8 Å². The zero-order valence-corrected chi connectivity index (χ0v) is 25.5. The number of nitrogen functional groups attached to an aromatic ring is 1. The summed E-state index contributed by atoms with van der Waals surface area (Å²) in [4.78, 5) is 44.1. The van der Waals surface area contributed by atoms with Crippen LogP contribution in [0.15, 0.2) is 102 Å². The minimum absolute atomic E-state index is 0.0445. The van der Waals surface area contributed by atoms with Crippen LogP contribution < -0.4 is 33.6 Å². The van der Waals surface area contributed by atoms with Gasteiger partial charge in [-0.2, -0.15) is 0 Å². The van der Waals surface area contributed by atoms with Crippen molar-refractivity contribution in [3.8, 4) is 0 Å². The lowest BCUT2D eigenvalue weighted by molar-refractivity contribution is -0.131. The van der Waals surface area contributed by atoms with Crippen LogP contribution in [0.3, 0.4) is 0 Å². The first kappa shape index (κ1) is 33.2. The summed E-state index contributed by atoms with van der Waals surface area (Å²) in [6.45, 7) is 0.269. The fourth-order valence-electron chi connectivity index (χ4n) is 5.25. The zero-order valence-electron chi connectivity index (χ0n) is 25.5. The fourth-order valence-corrected chi connectivity index (χ4v) is 5.25. The monoisotopic (exact) mass is 620 g/mol. The Morgan fingerprint density at radius 1 is 0.696 bits per heavy atom. The normalized spacial score (nSPS) is 12.8. The summed E-state index contributed by atoms with van der Waals surface area (Å²) in [5.74, 6) is -2.35. The molecule has 4 rings (SSSR count). The van der Waals surface area contributed by atoms with E-state index in [1.54, 1.807) is 12.1 Å². The van der Waals surface area contributed by atoms with Gasteiger partial charge in [0.2, 0.25) is 17.7 Å². The molecule has 0 aliphatic heterocycles. The number of benzene rings is 4. The number of rotatable bonds is 15. The van der Waals surface area contributed by atoms with Crippen molar-refractivity contribution >= 4 is 40.3 Å². The van der Waals surface area contributed by atoms with Crippen molar-refractivity contribution in [2.45, 2.75) is 43.7 Å². The number of guanidine groups is 1. The first-order valence-corrected chi connectivity index (χ1v) is 15.0. The molecule has 0 aliphatic carbocycles. The van der Waals surface area contributed by atoms with Gasteiger partial charge >= 0.3 is 0 Å². The lowest BCUT2D eigenvalue weighted by atomic mass is 9.90. The highest BCUT2D eigenvalue weighted by Crippen LogP contribution is 2.23. The van der Waals surface area contributed by atoms with Crippen LogP contribution in [0.4, 0.5) is 0 Å². The molecule has 0 heterocycles. The molecule has 4 aromatic rings. The molecular formula is C35H40N8O3. The number of nitrogens with two attached hydrogens (primary N) is 4. The van der Waals surface area contributed by atoms with E-state index in [0.717, 1.165) is 27.5 Å². The summed E-state index contributed by atoms with van der Waals surface area (Å²) in [6, 6.07) is 28.2. The van der Waals surface area contributed by atoms with Gasteiger partial charge in [0.05, 0.1) is 5.92 Å². The van der Waals surface area contributed by atoms with Gasteiger partial charge in [-0.1, -0.05) is 97.1 Å². The molecule has 0 spiro atoms. The average Bonchev–Trinajstić information content (AvgIpc) is 3.04. The molecule has 0 bridgehead atoms. The van der Waals surface area contributed by atoms with E-state index < -0.39 is 29.8 Å². The number of hydrogen-bond donors (Lipinski definition) is 7. The molecule has 1 unspecified atom stereocenters. The largest absolute Gasteiger partial charge is 0.384 e. The third kappa shape index (κ3) is 9.39. The smallest absolute Gasteiger partial charge is 0.243 e. The Hall–Kier alpha value is -5.71. The molecule has 0 aliphatic rings. The molecule has 3 amide bonds. The van der Waals surface area contributed by atoms with E-state index in [9.17, 15) is 14.4 Å². The molecule has 11 nitrogen and oxygen atoms in total. The van der Waals surface area contributed by atoms with Gasteiger partial charge < -0.3 is 33.6 Å². The number of nitrogens with one attached hydrogen (secondary N) is 3. The fraction of sp³-hybridized carbons (Fsp3) is 0.229. The minimum Gasteiger partial charge on any atom is -0.384 e. The summed E-state index contributed by atoms with van der Waals surface area (Å²) in [6.07, 6.45) is 1.15. The van der Waals surface area contributed by atoms with Crippen LogP contribution in [-0.2, 0) is 27.2 Å². The van der Waals surface area contributed by atoms with Crippen molar-refractivity contribution in [2.75, 3.05) is 6.54 Å². The molecule has 3 atom stereocenters. The zero-order chi connectivity index (χ0) is 33.1. The van der Waals surface area contributed by atoms with Crippen molar-refractivity contribution in [3.63, 3.8) is 0 Å². The maximum Gasteiger partial charge on any atom is 0.243 e. The predicted molar refractivity (Wildman–Crippen MR) is 181 cm³/mol. The van der Waals surface area contributed by atoms with Gasteiger partial charge in [-0.25, -0.2) is 0 Å². The Bertz CT molecular complexity index is 1700. The molecule has 46 heavy (non-hydrogen) atoms. The van der Waals surface area contributed by atoms with Crippen molar-refractivity contribution in [1.82, 2.24) is 10.6 Å². The summed E-state index contributed by atoms with van der Waals surface area (Å²) < 4.78 is 0. The van der Waals surface area contributed by atoms with E-state index >= 15 is 0 Å². The second kappa shape index (κ2) is 15.8. The molecule has 4 aromatic carbocycles. The van der Waals surface area contributed by atoms with E-state index in [0.29, 0.717) is 18.4 Å². The number of fused-ring (bicyclic) bond motifs is 1. The van der Waals surface area contributed by atoms with Crippen LogP contribution in [0.25, 0.3) is 10.8 Å². The third-order valence-corrected chi connectivity index (χ3v) is 7.72. The second-order valence-electron chi connectivity index (χ2n) is 11.1. The van der Waals surface area contributed by atoms with E-state index in [-0.39, 0.29) is 37.1 Å². The predicted octanol–water partition coefficient (Wildman–Crippen LogP) is 2.20. The van der Waals surface area contributed by atoms with E-state index in [4.69, 9.17) is 28.3 Å². The van der Waals surface area contributed by atoms with Crippen LogP contribution in [0.5, 0.6) is 0 Å². The highest BCUT2D eigenvalue weighted by Gasteiger charge is 2.29. The summed E-state index contributed by atoms with van der Waals surface area (Å²) in [5, 5.41) is 15.4. The molecule has 11 N–H and O–H groups in total. The molecule has 0 radical (unpaired) electrons. The SMILES string of the molecule is N=C(N)c1ccc(CC(C(=O)N[C@@H](Cc2ccc3ccccc3c2)C(=O)N[C@@H](CCCN=C(N)N)C(N)=O)c2ccccc2)cc1. The maximum absolute atomic E-state index is 14.1. The topological polar surface area (TPSA) is 216 Å². The van der Waals surface area contributed by atoms with Gasteiger partial charge in [0.15, 0.2) is 5.96 Å². The Balaban J connectivity index is 1.61. The number of carbonyl (C=O) groups is 3. The molecule has 0 saturated heterocycles. The first-order chi connectivity index (χ1) is 22.1. The first-order valence-electron chi connectivity index (χ1n) is 15.0. The molecule has 11 heteroatoms. The molecule has 0 saturated carbocycles. The lowest BCUT2D eigenvalue weighted by Crippen LogP contribution is -2.54. The Morgan fingerprint density at radius 2 is 1.33 bits per heavy atom. The summed E-state index contributed by atoms with van der Waals surface area (Å²) in [7, 11) is 0. The quantitative estimate of drug-likeness (QED) is 0.0600. The number of amidine groups is 1. The number of primary amides is 1. The highest BCUT2D eigenvalue weighted by molar-refractivity contribution is 5.95. The Labute approximate surface area is 267 Å². The third-order valence-electron chi connectivity index (χ3n) is 7.72. The van der Waals surface area contributed by atoms with Crippen molar-refractivity contribution < 1.29 is 14.4 Å². The van der Waals surface area contributed by atoms with E-state index in [1.165, 1.54) is 0 Å². The number of hydrogen-bond acceptors (Lipinski definition) is 5. The van der Waals surface area contributed by atoms with Crippen LogP contribution in [0, 0.1) is 5.41 Å². The number of amides is 3. The standard InChI is InChI=1S/C35H40N8O3/c36-31(37)26-16-12-22(13-17-26)20-28(25-8-2-1-3-9-25)33(45)43-30(21-23-14-15-24-7-4-5-10-27(24)19-23)34(46)42-29(32(38)44)11-6-18-41-35(39)40/h1-5,7-10,12-17,19,28-30H,6,11,18,20-21H2,(H3,36,37)(H2,38,44)(H,42,46)(H,43,45)(H4,39,40,41)/t28?,29-,30-/m0/s1. The molecule has 0 aromatic heterocycles. The van der Waals surface area contributed by atoms with E-state index in [2.05, 4.69) is 15.6 Å². The Kier molecular flexibility index (Phi) is 11.4. The number of aliphatic imine (C=N–C) groups is 1. The van der Waals surface area contributed by atoms with Crippen LogP contribution >= 0.6 is 0 Å². The molecular weight excluding hydrogens is 580 g/mol. The lowest BCUT2D eigenvalue weighted by Gasteiger charge is -2.25. The van der Waals surface area contributed by atoms with Gasteiger partial charge in [-0.15, -0.1) is 0 Å². The Morgan fingerprint density at radius 3 is 1.98 bits per heavy atom. The van der Waals surface area contributed by atoms with Crippen LogP contribution in [0.1, 0.15) is 41.0 Å². The second-order valence-corrected chi connectivity index (χ2v) is 11.1. The summed E-state index contributed by atoms with van der Waals surface area (Å²) >= 11 is 0. The van der Waals surface area contributed by atoms with Crippen molar-refractivity contribution in [3.05, 3.63) is 119 Å². The van der Waals surface area contributed by atoms with E-state index in [1.807, 2.05) is 84.9 Å². The van der Waals surface area contributed by atoms with Gasteiger partial charge in [0.1, 0.15) is 17.9 Å². The van der Waals surface area contributed by atoms with Crippen LogP contribution in [0.2, 0.25) is 0 Å².